The van der Waals surface area contributed by atoms with Crippen LogP contribution in [0.15, 0.2) is 0 Å². The zero-order valence-electron chi connectivity index (χ0n) is 17.2. The number of nitrogens with one attached hydrogen (secondary N) is 1. The maximum atomic E-state index is 12.5. The van der Waals surface area contributed by atoms with E-state index in [9.17, 15) is 9.59 Å². The van der Waals surface area contributed by atoms with Gasteiger partial charge in [-0.15, -0.1) is 5.92 Å². The molecule has 1 amide bonds. The Hall–Kier alpha value is -1.70. The first-order valence-electron chi connectivity index (χ1n) is 10.7. The number of hydrogen-bond acceptors (Lipinski definition) is 4. The van der Waals surface area contributed by atoms with Crippen LogP contribution in [0.5, 0.6) is 0 Å². The second kappa shape index (κ2) is 14.4. The number of alkyl carbamates (subject to hydrolysis) is 1. The summed E-state index contributed by atoms with van der Waals surface area (Å²) in [5.74, 6) is 5.01. The van der Waals surface area contributed by atoms with Crippen LogP contribution in [0.1, 0.15) is 97.3 Å². The summed E-state index contributed by atoms with van der Waals surface area (Å²) in [6, 6.07) is 0. The third kappa shape index (κ3) is 9.70. The zero-order chi connectivity index (χ0) is 19.8. The van der Waals surface area contributed by atoms with Gasteiger partial charge in [0.25, 0.3) is 0 Å². The Morgan fingerprint density at radius 1 is 0.926 bits per heavy atom. The van der Waals surface area contributed by atoms with Gasteiger partial charge in [0.1, 0.15) is 5.54 Å². The number of rotatable bonds is 13. The topological polar surface area (TPSA) is 64.6 Å². The van der Waals surface area contributed by atoms with Gasteiger partial charge in [-0.25, -0.2) is 9.59 Å². The fourth-order valence-corrected chi connectivity index (χ4v) is 3.48. The van der Waals surface area contributed by atoms with Crippen molar-refractivity contribution < 1.29 is 19.1 Å². The summed E-state index contributed by atoms with van der Waals surface area (Å²) >= 11 is 0. The number of hydrogen-bond donors (Lipinski definition) is 1. The molecule has 0 aliphatic heterocycles. The molecule has 0 saturated heterocycles. The Morgan fingerprint density at radius 3 is 2.11 bits per heavy atom. The van der Waals surface area contributed by atoms with Crippen molar-refractivity contribution in [2.45, 2.75) is 103 Å². The van der Waals surface area contributed by atoms with Gasteiger partial charge in [-0.3, -0.25) is 0 Å². The van der Waals surface area contributed by atoms with Crippen LogP contribution in [0.2, 0.25) is 0 Å². The molecule has 1 aliphatic rings. The number of unbranched alkanes of at least 4 members (excludes halogenated alkanes) is 8. The molecule has 1 saturated carbocycles. The quantitative estimate of drug-likeness (QED) is 0.274. The van der Waals surface area contributed by atoms with E-state index in [0.29, 0.717) is 19.4 Å². The number of carbonyl (C=O) groups is 2. The van der Waals surface area contributed by atoms with Crippen LogP contribution in [-0.2, 0) is 14.3 Å². The van der Waals surface area contributed by atoms with Gasteiger partial charge < -0.3 is 14.8 Å². The molecule has 0 bridgehead atoms. The SMILES string of the molecule is CC#CCOC(=O)NC1(C(=O)OCCCCCCCCCCC)CCCC1. The normalized spacial score (nSPS) is 14.9. The molecule has 0 heterocycles. The molecule has 0 aromatic carbocycles. The van der Waals surface area contributed by atoms with E-state index < -0.39 is 11.6 Å². The highest BCUT2D eigenvalue weighted by molar-refractivity contribution is 5.86. The van der Waals surface area contributed by atoms with Crippen LogP contribution in [0, 0.1) is 11.8 Å². The van der Waals surface area contributed by atoms with Crippen LogP contribution in [0.25, 0.3) is 0 Å². The lowest BCUT2D eigenvalue weighted by Crippen LogP contribution is -2.53. The molecule has 0 aromatic heterocycles. The molecule has 1 N–H and O–H groups in total. The highest BCUT2D eigenvalue weighted by Gasteiger charge is 2.44. The molecule has 0 spiro atoms. The van der Waals surface area contributed by atoms with Crippen molar-refractivity contribution in [1.82, 2.24) is 5.32 Å². The summed E-state index contributed by atoms with van der Waals surface area (Å²) in [7, 11) is 0. The standard InChI is InChI=1S/C22H37NO4/c1-3-5-7-8-9-10-11-12-15-19-26-20(24)22(16-13-14-17-22)23-21(25)27-18-6-4-2/h3,5,7-19H2,1-2H3,(H,23,25). The average Bonchev–Trinajstić information content (AvgIpc) is 3.13. The fourth-order valence-electron chi connectivity index (χ4n) is 3.48. The maximum absolute atomic E-state index is 12.5. The van der Waals surface area contributed by atoms with Crippen molar-refractivity contribution in [1.29, 1.82) is 0 Å². The summed E-state index contributed by atoms with van der Waals surface area (Å²) < 4.78 is 10.5. The van der Waals surface area contributed by atoms with Crippen LogP contribution in [-0.4, -0.2) is 30.8 Å². The first-order chi connectivity index (χ1) is 13.1. The van der Waals surface area contributed by atoms with Crippen molar-refractivity contribution in [2.75, 3.05) is 13.2 Å². The largest absolute Gasteiger partial charge is 0.464 e. The summed E-state index contributed by atoms with van der Waals surface area (Å²) in [6.07, 6.45) is 13.4. The average molecular weight is 380 g/mol. The highest BCUT2D eigenvalue weighted by Crippen LogP contribution is 2.31. The first-order valence-corrected chi connectivity index (χ1v) is 10.7. The molecule has 5 nitrogen and oxygen atoms in total. The van der Waals surface area contributed by atoms with E-state index in [4.69, 9.17) is 9.47 Å². The summed E-state index contributed by atoms with van der Waals surface area (Å²) in [5, 5.41) is 2.73. The second-order valence-electron chi connectivity index (χ2n) is 7.38. The van der Waals surface area contributed by atoms with E-state index in [2.05, 4.69) is 24.1 Å². The van der Waals surface area contributed by atoms with Crippen molar-refractivity contribution in [3.05, 3.63) is 0 Å². The maximum Gasteiger partial charge on any atom is 0.409 e. The van der Waals surface area contributed by atoms with Gasteiger partial charge in [0.05, 0.1) is 6.61 Å². The molecule has 0 radical (unpaired) electrons. The van der Waals surface area contributed by atoms with Gasteiger partial charge in [-0.2, -0.15) is 0 Å². The van der Waals surface area contributed by atoms with E-state index in [1.807, 2.05) is 0 Å². The number of amides is 1. The predicted octanol–water partition coefficient (Wildman–Crippen LogP) is 5.12. The minimum atomic E-state index is -0.921. The molecule has 0 aromatic rings. The molecule has 0 atom stereocenters. The third-order valence-electron chi connectivity index (χ3n) is 5.12. The Labute approximate surface area is 164 Å². The molecular weight excluding hydrogens is 342 g/mol. The van der Waals surface area contributed by atoms with Crippen molar-refractivity contribution >= 4 is 12.1 Å². The molecule has 0 unspecified atom stereocenters. The van der Waals surface area contributed by atoms with Gasteiger partial charge in [-0.1, -0.05) is 77.1 Å². The van der Waals surface area contributed by atoms with Crippen LogP contribution < -0.4 is 5.32 Å². The number of ether oxygens (including phenoxy) is 2. The Kier molecular flexibility index (Phi) is 12.4. The lowest BCUT2D eigenvalue weighted by Gasteiger charge is -2.27. The smallest absolute Gasteiger partial charge is 0.409 e. The molecule has 1 fully saturated rings. The number of carbonyl (C=O) groups excluding carboxylic acids is 2. The highest BCUT2D eigenvalue weighted by atomic mass is 16.6. The predicted molar refractivity (Wildman–Crippen MR) is 107 cm³/mol. The van der Waals surface area contributed by atoms with E-state index in [-0.39, 0.29) is 12.6 Å². The molecule has 154 valence electrons. The van der Waals surface area contributed by atoms with Crippen LogP contribution in [0.3, 0.4) is 0 Å². The Balaban J connectivity index is 2.21. The molecule has 27 heavy (non-hydrogen) atoms. The molecule has 1 aliphatic carbocycles. The summed E-state index contributed by atoms with van der Waals surface area (Å²) in [6.45, 7) is 4.38. The van der Waals surface area contributed by atoms with E-state index in [1.165, 1.54) is 44.9 Å². The van der Waals surface area contributed by atoms with Gasteiger partial charge in [-0.05, 0) is 26.2 Å². The summed E-state index contributed by atoms with van der Waals surface area (Å²) in [4.78, 5) is 24.5. The molecule has 1 rings (SSSR count). The van der Waals surface area contributed by atoms with Crippen LogP contribution >= 0.6 is 0 Å². The summed E-state index contributed by atoms with van der Waals surface area (Å²) in [5.41, 5.74) is -0.921. The van der Waals surface area contributed by atoms with Gasteiger partial charge in [0.15, 0.2) is 6.61 Å². The van der Waals surface area contributed by atoms with Crippen LogP contribution in [0.4, 0.5) is 4.79 Å². The minimum Gasteiger partial charge on any atom is -0.464 e. The first kappa shape index (κ1) is 23.3. The Morgan fingerprint density at radius 2 is 1.52 bits per heavy atom. The van der Waals surface area contributed by atoms with Crippen molar-refractivity contribution in [2.24, 2.45) is 0 Å². The fraction of sp³-hybridized carbons (Fsp3) is 0.818. The van der Waals surface area contributed by atoms with Gasteiger partial charge in [0, 0.05) is 0 Å². The van der Waals surface area contributed by atoms with Crippen molar-refractivity contribution in [3.8, 4) is 11.8 Å². The van der Waals surface area contributed by atoms with E-state index in [1.54, 1.807) is 6.92 Å². The van der Waals surface area contributed by atoms with Crippen molar-refractivity contribution in [3.63, 3.8) is 0 Å². The lowest BCUT2D eigenvalue weighted by atomic mass is 9.98. The second-order valence-corrected chi connectivity index (χ2v) is 7.38. The third-order valence-corrected chi connectivity index (χ3v) is 5.12. The molecule has 5 heteroatoms. The Bertz CT molecular complexity index is 486. The van der Waals surface area contributed by atoms with Gasteiger partial charge >= 0.3 is 12.1 Å². The van der Waals surface area contributed by atoms with E-state index in [0.717, 1.165) is 25.7 Å². The van der Waals surface area contributed by atoms with Gasteiger partial charge in [0.2, 0.25) is 0 Å². The lowest BCUT2D eigenvalue weighted by molar-refractivity contribution is -0.151. The molecular formula is C22H37NO4. The minimum absolute atomic E-state index is 0.0336. The zero-order valence-corrected chi connectivity index (χ0v) is 17.2. The van der Waals surface area contributed by atoms with E-state index >= 15 is 0 Å². The monoisotopic (exact) mass is 379 g/mol. The number of esters is 1.